The van der Waals surface area contributed by atoms with Gasteiger partial charge < -0.3 is 10.1 Å². The molecule has 3 nitrogen and oxygen atoms in total. The van der Waals surface area contributed by atoms with Crippen LogP contribution in [0, 0.1) is 5.92 Å². The third kappa shape index (κ3) is 2.93. The Balaban J connectivity index is 1.76. The highest BCUT2D eigenvalue weighted by Crippen LogP contribution is 2.21. The van der Waals surface area contributed by atoms with Crippen LogP contribution < -0.4 is 5.32 Å². The number of ether oxygens (including phenoxy) is 1. The molecule has 1 aromatic heterocycles. The van der Waals surface area contributed by atoms with Crippen LogP contribution in [0.1, 0.15) is 12.8 Å². The van der Waals surface area contributed by atoms with Gasteiger partial charge in [0.05, 0.1) is 6.61 Å². The summed E-state index contributed by atoms with van der Waals surface area (Å²) in [4.78, 5) is 4.28. The van der Waals surface area contributed by atoms with Crippen LogP contribution in [-0.4, -0.2) is 24.7 Å². The lowest BCUT2D eigenvalue weighted by atomic mass is 10.0. The number of halogens is 1. The molecule has 1 aliphatic rings. The van der Waals surface area contributed by atoms with Crippen LogP contribution >= 0.6 is 27.3 Å². The average molecular weight is 277 g/mol. The predicted molar refractivity (Wildman–Crippen MR) is 61.8 cm³/mol. The van der Waals surface area contributed by atoms with Crippen molar-refractivity contribution in [1.82, 2.24) is 4.98 Å². The summed E-state index contributed by atoms with van der Waals surface area (Å²) in [5.41, 5.74) is 0. The van der Waals surface area contributed by atoms with Gasteiger partial charge in [-0.05, 0) is 34.7 Å². The molecule has 0 radical (unpaired) electrons. The molecule has 2 rings (SSSR count). The fraction of sp³-hybridized carbons (Fsp3) is 0.667. The molecule has 1 N–H and O–H groups in total. The van der Waals surface area contributed by atoms with E-state index in [-0.39, 0.29) is 0 Å². The Kier molecular flexibility index (Phi) is 3.78. The van der Waals surface area contributed by atoms with E-state index < -0.39 is 0 Å². The van der Waals surface area contributed by atoms with Crippen molar-refractivity contribution in [2.24, 2.45) is 5.92 Å². The lowest BCUT2D eigenvalue weighted by Gasteiger charge is -2.21. The maximum absolute atomic E-state index is 5.41. The molecule has 1 saturated heterocycles. The van der Waals surface area contributed by atoms with E-state index in [1.165, 1.54) is 12.8 Å². The summed E-state index contributed by atoms with van der Waals surface area (Å²) < 4.78 is 6.32. The summed E-state index contributed by atoms with van der Waals surface area (Å²) in [5, 5.41) is 6.31. The minimum Gasteiger partial charge on any atom is -0.381 e. The molecule has 2 heterocycles. The standard InChI is InChI=1S/C9H13BrN2OS/c10-8-6-14-9(12-8)11-4-7-2-1-3-13-5-7/h6-7H,1-5H2,(H,11,12). The lowest BCUT2D eigenvalue weighted by Crippen LogP contribution is -2.24. The molecular weight excluding hydrogens is 264 g/mol. The largest absolute Gasteiger partial charge is 0.381 e. The fourth-order valence-electron chi connectivity index (χ4n) is 1.54. The van der Waals surface area contributed by atoms with Gasteiger partial charge in [0.15, 0.2) is 5.13 Å². The molecule has 0 aliphatic carbocycles. The van der Waals surface area contributed by atoms with Crippen molar-refractivity contribution in [1.29, 1.82) is 0 Å². The normalized spacial score (nSPS) is 22.2. The second-order valence-corrected chi connectivity index (χ2v) is 5.11. The summed E-state index contributed by atoms with van der Waals surface area (Å²) >= 11 is 4.96. The molecule has 1 atom stereocenters. The number of hydrogen-bond donors (Lipinski definition) is 1. The molecule has 1 fully saturated rings. The molecule has 5 heteroatoms. The number of anilines is 1. The number of aromatic nitrogens is 1. The van der Waals surface area contributed by atoms with Crippen LogP contribution in [0.2, 0.25) is 0 Å². The van der Waals surface area contributed by atoms with E-state index in [0.717, 1.165) is 29.5 Å². The van der Waals surface area contributed by atoms with Crippen molar-refractivity contribution in [3.63, 3.8) is 0 Å². The second-order valence-electron chi connectivity index (χ2n) is 3.44. The van der Waals surface area contributed by atoms with Crippen LogP contribution in [-0.2, 0) is 4.74 Å². The SMILES string of the molecule is Brc1csc(NCC2CCCOC2)n1. The monoisotopic (exact) mass is 276 g/mol. The van der Waals surface area contributed by atoms with Crippen molar-refractivity contribution >= 4 is 32.4 Å². The fourth-order valence-corrected chi connectivity index (χ4v) is 2.69. The summed E-state index contributed by atoms with van der Waals surface area (Å²) in [7, 11) is 0. The maximum Gasteiger partial charge on any atom is 0.183 e. The number of nitrogens with one attached hydrogen (secondary N) is 1. The number of nitrogens with zero attached hydrogens (tertiary/aromatic N) is 1. The van der Waals surface area contributed by atoms with Crippen molar-refractivity contribution in [3.8, 4) is 0 Å². The Morgan fingerprint density at radius 1 is 1.71 bits per heavy atom. The number of hydrogen-bond acceptors (Lipinski definition) is 4. The van der Waals surface area contributed by atoms with Gasteiger partial charge in [0.1, 0.15) is 4.60 Å². The van der Waals surface area contributed by atoms with Crippen LogP contribution in [0.15, 0.2) is 9.98 Å². The molecule has 78 valence electrons. The van der Waals surface area contributed by atoms with Crippen molar-refractivity contribution in [3.05, 3.63) is 9.98 Å². The van der Waals surface area contributed by atoms with Gasteiger partial charge in [-0.2, -0.15) is 0 Å². The predicted octanol–water partition coefficient (Wildman–Crippen LogP) is 2.74. The van der Waals surface area contributed by atoms with Gasteiger partial charge in [-0.25, -0.2) is 4.98 Å². The van der Waals surface area contributed by atoms with Gasteiger partial charge in [0.2, 0.25) is 0 Å². The quantitative estimate of drug-likeness (QED) is 0.922. The molecule has 1 aliphatic heterocycles. The Labute approximate surface area is 96.0 Å². The van der Waals surface area contributed by atoms with E-state index in [1.54, 1.807) is 11.3 Å². The lowest BCUT2D eigenvalue weighted by molar-refractivity contribution is 0.0595. The van der Waals surface area contributed by atoms with Crippen LogP contribution in [0.25, 0.3) is 0 Å². The van der Waals surface area contributed by atoms with Gasteiger partial charge in [-0.15, -0.1) is 11.3 Å². The zero-order valence-corrected chi connectivity index (χ0v) is 10.2. The van der Waals surface area contributed by atoms with Crippen molar-refractivity contribution in [2.75, 3.05) is 25.1 Å². The third-order valence-corrected chi connectivity index (χ3v) is 3.78. The molecule has 0 bridgehead atoms. The Bertz CT molecular complexity index is 286. The van der Waals surface area contributed by atoms with E-state index in [2.05, 4.69) is 26.2 Å². The summed E-state index contributed by atoms with van der Waals surface area (Å²) in [6.45, 7) is 2.79. The first-order chi connectivity index (χ1) is 6.84. The van der Waals surface area contributed by atoms with Crippen LogP contribution in [0.3, 0.4) is 0 Å². The first-order valence-corrected chi connectivity index (χ1v) is 6.44. The highest BCUT2D eigenvalue weighted by Gasteiger charge is 2.13. The minimum atomic E-state index is 0.645. The molecule has 1 unspecified atom stereocenters. The topological polar surface area (TPSA) is 34.1 Å². The van der Waals surface area contributed by atoms with Crippen molar-refractivity contribution < 1.29 is 4.74 Å². The molecule has 0 saturated carbocycles. The molecule has 1 aromatic rings. The zero-order chi connectivity index (χ0) is 9.80. The van der Waals surface area contributed by atoms with E-state index >= 15 is 0 Å². The molecule has 0 spiro atoms. The Morgan fingerprint density at radius 3 is 3.29 bits per heavy atom. The first kappa shape index (κ1) is 10.4. The Morgan fingerprint density at radius 2 is 2.64 bits per heavy atom. The van der Waals surface area contributed by atoms with Gasteiger partial charge in [0, 0.05) is 18.5 Å². The number of thiazole rings is 1. The van der Waals surface area contributed by atoms with Gasteiger partial charge in [-0.1, -0.05) is 0 Å². The first-order valence-electron chi connectivity index (χ1n) is 4.77. The van der Waals surface area contributed by atoms with E-state index in [4.69, 9.17) is 4.74 Å². The van der Waals surface area contributed by atoms with Crippen molar-refractivity contribution in [2.45, 2.75) is 12.8 Å². The van der Waals surface area contributed by atoms with Gasteiger partial charge >= 0.3 is 0 Å². The number of rotatable bonds is 3. The third-order valence-electron chi connectivity index (χ3n) is 2.27. The summed E-state index contributed by atoms with van der Waals surface area (Å²) in [5.74, 6) is 0.645. The van der Waals surface area contributed by atoms with Gasteiger partial charge in [-0.3, -0.25) is 0 Å². The molecule has 0 amide bonds. The minimum absolute atomic E-state index is 0.645. The van der Waals surface area contributed by atoms with Crippen LogP contribution in [0.4, 0.5) is 5.13 Å². The Hall–Kier alpha value is -0.130. The van der Waals surface area contributed by atoms with Crippen LogP contribution in [0.5, 0.6) is 0 Å². The van der Waals surface area contributed by atoms with E-state index in [0.29, 0.717) is 5.92 Å². The highest BCUT2D eigenvalue weighted by atomic mass is 79.9. The summed E-state index contributed by atoms with van der Waals surface area (Å²) in [6.07, 6.45) is 2.45. The highest BCUT2D eigenvalue weighted by molar-refractivity contribution is 9.10. The van der Waals surface area contributed by atoms with E-state index in [1.807, 2.05) is 5.38 Å². The zero-order valence-electron chi connectivity index (χ0n) is 7.83. The second kappa shape index (κ2) is 5.09. The van der Waals surface area contributed by atoms with E-state index in [9.17, 15) is 0 Å². The maximum atomic E-state index is 5.41. The summed E-state index contributed by atoms with van der Waals surface area (Å²) in [6, 6.07) is 0. The average Bonchev–Trinajstić information content (AvgIpc) is 2.63. The molecule has 14 heavy (non-hydrogen) atoms. The molecular formula is C9H13BrN2OS. The smallest absolute Gasteiger partial charge is 0.183 e. The molecule has 0 aromatic carbocycles. The van der Waals surface area contributed by atoms with Gasteiger partial charge in [0.25, 0.3) is 0 Å².